The summed E-state index contributed by atoms with van der Waals surface area (Å²) in [6.07, 6.45) is 0.233. The number of aromatic nitrogens is 4. The summed E-state index contributed by atoms with van der Waals surface area (Å²) in [5.74, 6) is -1.09. The van der Waals surface area contributed by atoms with E-state index in [0.717, 1.165) is 4.88 Å². The van der Waals surface area contributed by atoms with Crippen molar-refractivity contribution in [2.75, 3.05) is 12.3 Å². The number of carboxylic acids is 1. The molecule has 2 fully saturated rings. The Balaban J connectivity index is 1.41. The molecule has 0 aromatic carbocycles. The quantitative estimate of drug-likeness (QED) is 0.402. The number of aliphatic carboxylic acids is 1. The molecule has 29 heavy (non-hydrogen) atoms. The summed E-state index contributed by atoms with van der Waals surface area (Å²) >= 11 is 4.11. The molecule has 2 aromatic rings. The van der Waals surface area contributed by atoms with Crippen LogP contribution < -0.4 is 5.32 Å². The number of tetrazole rings is 1. The average molecular weight is 455 g/mol. The third-order valence-electron chi connectivity index (χ3n) is 5.16. The highest BCUT2D eigenvalue weighted by Gasteiger charge is 2.59. The van der Waals surface area contributed by atoms with E-state index in [2.05, 4.69) is 25.9 Å². The molecular formula is C16H18N6O4S3. The van der Waals surface area contributed by atoms with Gasteiger partial charge in [0.1, 0.15) is 16.8 Å². The van der Waals surface area contributed by atoms with Gasteiger partial charge in [0.25, 0.3) is 0 Å². The van der Waals surface area contributed by atoms with Crippen molar-refractivity contribution < 1.29 is 19.5 Å². The number of nitrogens with zero attached hydrogens (tertiary/aromatic N) is 4. The van der Waals surface area contributed by atoms with Gasteiger partial charge in [-0.1, -0.05) is 24.8 Å². The fourth-order valence-electron chi connectivity index (χ4n) is 3.42. The maximum absolute atomic E-state index is 12.6. The van der Waals surface area contributed by atoms with Gasteiger partial charge in [0, 0.05) is 22.4 Å². The largest absolute Gasteiger partial charge is 0.481 e. The lowest BCUT2D eigenvalue weighted by Gasteiger charge is -2.54. The molecular weight excluding hydrogens is 436 g/mol. The molecule has 2 aliphatic heterocycles. The smallest absolute Gasteiger partial charge is 0.313 e. The van der Waals surface area contributed by atoms with Gasteiger partial charge in [-0.3, -0.25) is 14.4 Å². The van der Waals surface area contributed by atoms with E-state index in [1.807, 2.05) is 17.5 Å². The first-order valence-corrected chi connectivity index (χ1v) is 11.6. The Morgan fingerprint density at radius 1 is 1.55 bits per heavy atom. The van der Waals surface area contributed by atoms with Crippen molar-refractivity contribution >= 4 is 52.6 Å². The van der Waals surface area contributed by atoms with Crippen LogP contribution in [-0.2, 0) is 20.8 Å². The minimum atomic E-state index is -1.14. The average Bonchev–Trinajstić information content (AvgIpc) is 3.39. The van der Waals surface area contributed by atoms with Crippen molar-refractivity contribution in [2.45, 2.75) is 35.2 Å². The molecule has 154 valence electrons. The van der Waals surface area contributed by atoms with Gasteiger partial charge in [-0.05, 0) is 21.9 Å². The van der Waals surface area contributed by atoms with E-state index in [0.29, 0.717) is 10.9 Å². The van der Waals surface area contributed by atoms with Crippen molar-refractivity contribution in [3.05, 3.63) is 22.4 Å². The monoisotopic (exact) mass is 454 g/mol. The number of carbonyl (C=O) groups excluding carboxylic acids is 2. The molecule has 0 spiro atoms. The van der Waals surface area contributed by atoms with Gasteiger partial charge >= 0.3 is 5.97 Å². The van der Waals surface area contributed by atoms with Gasteiger partial charge in [0.2, 0.25) is 17.0 Å². The van der Waals surface area contributed by atoms with E-state index in [1.165, 1.54) is 34.9 Å². The van der Waals surface area contributed by atoms with Crippen molar-refractivity contribution in [1.82, 2.24) is 30.8 Å². The Morgan fingerprint density at radius 3 is 3.03 bits per heavy atom. The Hall–Kier alpha value is -2.12. The SMILES string of the molecule is CC(Sc1nnn[nH]1)C1(C(=O)O)CS[C@@H]2C(NC(=O)Cc3cccs3)C(=O)N2C1. The van der Waals surface area contributed by atoms with Gasteiger partial charge < -0.3 is 15.3 Å². The summed E-state index contributed by atoms with van der Waals surface area (Å²) in [5.41, 5.74) is -1.14. The predicted molar refractivity (Wildman–Crippen MR) is 107 cm³/mol. The summed E-state index contributed by atoms with van der Waals surface area (Å²) in [6, 6.07) is 3.14. The van der Waals surface area contributed by atoms with Crippen LogP contribution in [-0.4, -0.2) is 77.4 Å². The number of nitrogens with one attached hydrogen (secondary N) is 2. The topological polar surface area (TPSA) is 141 Å². The van der Waals surface area contributed by atoms with Gasteiger partial charge in [-0.15, -0.1) is 28.2 Å². The van der Waals surface area contributed by atoms with E-state index in [1.54, 1.807) is 11.8 Å². The van der Waals surface area contributed by atoms with Crippen LogP contribution in [0.2, 0.25) is 0 Å². The standard InChI is InChI=1S/C16H18N6O4S3/c1-8(29-15-18-20-21-19-15)16(14(25)26)6-22-12(24)11(13(22)28-7-16)17-10(23)5-9-3-2-4-27-9/h2-4,8,11,13H,5-7H2,1H3,(H,17,23)(H,25,26)(H,18,19,20,21)/t8?,11?,13-,16?/m1/s1. The molecule has 4 atom stereocenters. The second kappa shape index (κ2) is 7.95. The highest BCUT2D eigenvalue weighted by molar-refractivity contribution is 8.01. The van der Waals surface area contributed by atoms with E-state index in [4.69, 9.17) is 0 Å². The van der Waals surface area contributed by atoms with Crippen LogP contribution in [0.4, 0.5) is 0 Å². The molecule has 0 aliphatic carbocycles. The van der Waals surface area contributed by atoms with Crippen LogP contribution in [0.15, 0.2) is 22.7 Å². The zero-order valence-electron chi connectivity index (χ0n) is 15.3. The Kier molecular flexibility index (Phi) is 5.53. The highest BCUT2D eigenvalue weighted by atomic mass is 32.2. The van der Waals surface area contributed by atoms with Gasteiger partial charge in [0.15, 0.2) is 0 Å². The molecule has 0 bridgehead atoms. The molecule has 2 aromatic heterocycles. The number of H-pyrrole nitrogens is 1. The number of carboxylic acid groups (broad SMARTS) is 1. The summed E-state index contributed by atoms with van der Waals surface area (Å²) in [4.78, 5) is 39.5. The van der Waals surface area contributed by atoms with Crippen molar-refractivity contribution in [3.8, 4) is 0 Å². The van der Waals surface area contributed by atoms with Gasteiger partial charge in [-0.25, -0.2) is 5.10 Å². The van der Waals surface area contributed by atoms with Crippen LogP contribution in [0.5, 0.6) is 0 Å². The molecule has 2 saturated heterocycles. The number of β-lactam (4-membered cyclic amide) rings is 1. The number of amides is 2. The van der Waals surface area contributed by atoms with E-state index in [9.17, 15) is 19.5 Å². The Morgan fingerprint density at radius 2 is 2.38 bits per heavy atom. The van der Waals surface area contributed by atoms with Crippen LogP contribution in [0.3, 0.4) is 0 Å². The van der Waals surface area contributed by atoms with Gasteiger partial charge in [0.05, 0.1) is 6.42 Å². The van der Waals surface area contributed by atoms with E-state index >= 15 is 0 Å². The first-order valence-electron chi connectivity index (χ1n) is 8.78. The first kappa shape index (κ1) is 20.2. The molecule has 0 radical (unpaired) electrons. The molecule has 3 N–H and O–H groups in total. The fourth-order valence-corrected chi connectivity index (χ4v) is 6.89. The lowest BCUT2D eigenvalue weighted by molar-refractivity contribution is -0.158. The predicted octanol–water partition coefficient (Wildman–Crippen LogP) is 0.455. The Labute approximate surface area is 178 Å². The number of hydrogen-bond donors (Lipinski definition) is 3. The number of thioether (sulfide) groups is 2. The third-order valence-corrected chi connectivity index (χ3v) is 8.78. The van der Waals surface area contributed by atoms with Crippen LogP contribution in [0, 0.1) is 5.41 Å². The Bertz CT molecular complexity index is 908. The molecule has 4 heterocycles. The van der Waals surface area contributed by atoms with E-state index in [-0.39, 0.29) is 35.4 Å². The summed E-state index contributed by atoms with van der Waals surface area (Å²) in [7, 11) is 0. The minimum Gasteiger partial charge on any atom is -0.481 e. The number of aromatic amines is 1. The molecule has 3 unspecified atom stereocenters. The summed E-state index contributed by atoms with van der Waals surface area (Å²) < 4.78 is 0. The maximum Gasteiger partial charge on any atom is 0.313 e. The molecule has 0 saturated carbocycles. The normalized spacial score (nSPS) is 27.1. The zero-order valence-corrected chi connectivity index (χ0v) is 17.7. The first-order chi connectivity index (χ1) is 13.9. The maximum atomic E-state index is 12.6. The second-order valence-electron chi connectivity index (χ2n) is 6.90. The second-order valence-corrected chi connectivity index (χ2v) is 10.4. The van der Waals surface area contributed by atoms with Crippen LogP contribution in [0.1, 0.15) is 11.8 Å². The fraction of sp³-hybridized carbons (Fsp3) is 0.500. The lowest BCUT2D eigenvalue weighted by Crippen LogP contribution is -2.74. The molecule has 2 amide bonds. The van der Waals surface area contributed by atoms with Crippen molar-refractivity contribution in [2.24, 2.45) is 5.41 Å². The van der Waals surface area contributed by atoms with Gasteiger partial charge in [-0.2, -0.15) is 0 Å². The highest BCUT2D eigenvalue weighted by Crippen LogP contribution is 2.47. The summed E-state index contributed by atoms with van der Waals surface area (Å²) in [5, 5.41) is 27.9. The number of thiophene rings is 1. The number of hydrogen-bond acceptors (Lipinski definition) is 9. The lowest BCUT2D eigenvalue weighted by atomic mass is 9.84. The van der Waals surface area contributed by atoms with Crippen molar-refractivity contribution in [1.29, 1.82) is 0 Å². The molecule has 13 heteroatoms. The number of rotatable bonds is 7. The number of fused-ring (bicyclic) bond motifs is 1. The summed E-state index contributed by atoms with van der Waals surface area (Å²) in [6.45, 7) is 1.89. The molecule has 10 nitrogen and oxygen atoms in total. The third kappa shape index (κ3) is 3.73. The minimum absolute atomic E-state index is 0.0891. The van der Waals surface area contributed by atoms with Crippen LogP contribution in [0.25, 0.3) is 0 Å². The number of carbonyl (C=O) groups is 3. The molecule has 2 aliphatic rings. The van der Waals surface area contributed by atoms with Crippen molar-refractivity contribution in [3.63, 3.8) is 0 Å². The van der Waals surface area contributed by atoms with E-state index < -0.39 is 17.4 Å². The zero-order chi connectivity index (χ0) is 20.6. The van der Waals surface area contributed by atoms with Crippen LogP contribution >= 0.6 is 34.9 Å². The molecule has 4 rings (SSSR count).